The molecule has 3 rings (SSSR count). The van der Waals surface area contributed by atoms with Gasteiger partial charge in [-0.25, -0.2) is 13.8 Å². The van der Waals surface area contributed by atoms with Gasteiger partial charge in [-0.2, -0.15) is 0 Å². The van der Waals surface area contributed by atoms with Crippen molar-refractivity contribution in [2.45, 2.75) is 6.92 Å². The predicted molar refractivity (Wildman–Crippen MR) is 84.2 cm³/mol. The zero-order chi connectivity index (χ0) is 15.7. The van der Waals surface area contributed by atoms with Gasteiger partial charge in [0.2, 0.25) is 0 Å². The second-order valence-electron chi connectivity index (χ2n) is 4.78. The van der Waals surface area contributed by atoms with Crippen LogP contribution in [-0.2, 0) is 0 Å². The third-order valence-electron chi connectivity index (χ3n) is 3.31. The maximum Gasteiger partial charge on any atom is 0.159 e. The summed E-state index contributed by atoms with van der Waals surface area (Å²) < 4.78 is 31.7. The molecule has 2 nitrogen and oxygen atoms in total. The summed E-state index contributed by atoms with van der Waals surface area (Å²) in [4.78, 5) is 5.52. The van der Waals surface area contributed by atoms with E-state index in [0.717, 1.165) is 27.3 Å². The van der Waals surface area contributed by atoms with Crippen LogP contribution in [0.25, 0.3) is 21.8 Å². The Labute approximate surface area is 131 Å². The van der Waals surface area contributed by atoms with Crippen molar-refractivity contribution < 1.29 is 13.5 Å². The number of thiazole rings is 1. The van der Waals surface area contributed by atoms with E-state index < -0.39 is 11.6 Å². The fourth-order valence-corrected chi connectivity index (χ4v) is 3.12. The number of aromatic nitrogens is 1. The van der Waals surface area contributed by atoms with Gasteiger partial charge in [0.1, 0.15) is 10.8 Å². The average molecular weight is 317 g/mol. The molecule has 0 unspecified atom stereocenters. The summed E-state index contributed by atoms with van der Waals surface area (Å²) in [6, 6.07) is 11.4. The van der Waals surface area contributed by atoms with Gasteiger partial charge in [0.25, 0.3) is 0 Å². The van der Waals surface area contributed by atoms with Crippen LogP contribution < -0.4 is 4.74 Å². The Hall–Kier alpha value is -2.27. The van der Waals surface area contributed by atoms with E-state index in [1.165, 1.54) is 23.5 Å². The highest BCUT2D eigenvalue weighted by molar-refractivity contribution is 7.15. The van der Waals surface area contributed by atoms with Crippen LogP contribution >= 0.6 is 11.3 Å². The maximum atomic E-state index is 13.4. The summed E-state index contributed by atoms with van der Waals surface area (Å²) in [7, 11) is 1.61. The fraction of sp³-hybridized carbons (Fsp3) is 0.118. The third-order valence-corrected chi connectivity index (χ3v) is 4.33. The van der Waals surface area contributed by atoms with Crippen LogP contribution in [0.15, 0.2) is 42.5 Å². The molecule has 0 aliphatic rings. The highest BCUT2D eigenvalue weighted by atomic mass is 32.1. The van der Waals surface area contributed by atoms with E-state index in [-0.39, 0.29) is 0 Å². The van der Waals surface area contributed by atoms with Crippen LogP contribution in [0, 0.1) is 18.6 Å². The molecule has 2 aromatic carbocycles. The monoisotopic (exact) mass is 317 g/mol. The molecule has 0 atom stereocenters. The molecule has 0 aliphatic heterocycles. The minimum Gasteiger partial charge on any atom is -0.497 e. The van der Waals surface area contributed by atoms with Crippen molar-refractivity contribution in [1.29, 1.82) is 0 Å². The highest BCUT2D eigenvalue weighted by Gasteiger charge is 2.13. The molecule has 0 amide bonds. The average Bonchev–Trinajstić information content (AvgIpc) is 2.92. The first-order valence-corrected chi connectivity index (χ1v) is 7.47. The lowest BCUT2D eigenvalue weighted by Crippen LogP contribution is -1.87. The largest absolute Gasteiger partial charge is 0.497 e. The van der Waals surface area contributed by atoms with Crippen molar-refractivity contribution >= 4 is 11.3 Å². The van der Waals surface area contributed by atoms with Crippen molar-refractivity contribution in [2.24, 2.45) is 0 Å². The summed E-state index contributed by atoms with van der Waals surface area (Å²) in [6.45, 7) is 1.91. The van der Waals surface area contributed by atoms with Gasteiger partial charge >= 0.3 is 0 Å². The molecule has 22 heavy (non-hydrogen) atoms. The Balaban J connectivity index is 2.05. The van der Waals surface area contributed by atoms with E-state index in [1.807, 2.05) is 31.2 Å². The van der Waals surface area contributed by atoms with Gasteiger partial charge in [0.15, 0.2) is 11.6 Å². The number of halogens is 2. The molecule has 1 heterocycles. The number of benzene rings is 2. The molecule has 0 saturated heterocycles. The standard InChI is InChI=1S/C17H13F2NOS/c1-10-16(11-6-7-14(18)15(19)9-11)20-17(22-10)12-4-3-5-13(8-12)21-2/h3-9H,1-2H3. The molecule has 0 aliphatic carbocycles. The van der Waals surface area contributed by atoms with Gasteiger partial charge in [-0.3, -0.25) is 0 Å². The second kappa shape index (κ2) is 5.85. The Morgan fingerprint density at radius 1 is 1.00 bits per heavy atom. The van der Waals surface area contributed by atoms with Gasteiger partial charge in [-0.1, -0.05) is 12.1 Å². The number of nitrogens with zero attached hydrogens (tertiary/aromatic N) is 1. The van der Waals surface area contributed by atoms with Crippen molar-refractivity contribution in [3.63, 3.8) is 0 Å². The molecule has 112 valence electrons. The molecular formula is C17H13F2NOS. The lowest BCUT2D eigenvalue weighted by atomic mass is 10.1. The van der Waals surface area contributed by atoms with Gasteiger partial charge < -0.3 is 4.74 Å². The molecule has 3 aromatic rings. The van der Waals surface area contributed by atoms with E-state index in [9.17, 15) is 8.78 Å². The van der Waals surface area contributed by atoms with E-state index in [2.05, 4.69) is 4.98 Å². The van der Waals surface area contributed by atoms with E-state index in [1.54, 1.807) is 7.11 Å². The van der Waals surface area contributed by atoms with E-state index >= 15 is 0 Å². The normalized spacial score (nSPS) is 10.7. The first-order chi connectivity index (χ1) is 10.6. The molecule has 5 heteroatoms. The number of ether oxygens (including phenoxy) is 1. The topological polar surface area (TPSA) is 22.1 Å². The number of hydrogen-bond donors (Lipinski definition) is 0. The van der Waals surface area contributed by atoms with Crippen LogP contribution in [0.3, 0.4) is 0 Å². The second-order valence-corrected chi connectivity index (χ2v) is 5.99. The molecular weight excluding hydrogens is 304 g/mol. The van der Waals surface area contributed by atoms with Gasteiger partial charge in [-0.05, 0) is 37.3 Å². The highest BCUT2D eigenvalue weighted by Crippen LogP contribution is 2.34. The summed E-state index contributed by atoms with van der Waals surface area (Å²) >= 11 is 1.51. The Bertz CT molecular complexity index is 829. The zero-order valence-electron chi connectivity index (χ0n) is 12.1. The van der Waals surface area contributed by atoms with Crippen molar-refractivity contribution in [2.75, 3.05) is 7.11 Å². The van der Waals surface area contributed by atoms with Crippen LogP contribution in [0.4, 0.5) is 8.78 Å². The quantitative estimate of drug-likeness (QED) is 0.672. The number of hydrogen-bond acceptors (Lipinski definition) is 3. The maximum absolute atomic E-state index is 13.4. The molecule has 0 fully saturated rings. The lowest BCUT2D eigenvalue weighted by Gasteiger charge is -2.01. The molecule has 1 aromatic heterocycles. The van der Waals surface area contributed by atoms with Crippen molar-refractivity contribution in [3.05, 3.63) is 59.0 Å². The molecule has 0 spiro atoms. The molecule has 0 radical (unpaired) electrons. The van der Waals surface area contributed by atoms with Gasteiger partial charge in [0.05, 0.1) is 12.8 Å². The first kappa shape index (κ1) is 14.7. The first-order valence-electron chi connectivity index (χ1n) is 6.66. The SMILES string of the molecule is COc1cccc(-c2nc(-c3ccc(F)c(F)c3)c(C)s2)c1. The smallest absolute Gasteiger partial charge is 0.159 e. The Kier molecular flexibility index (Phi) is 3.90. The number of methoxy groups -OCH3 is 1. The van der Waals surface area contributed by atoms with Crippen LogP contribution in [0.2, 0.25) is 0 Å². The van der Waals surface area contributed by atoms with Gasteiger partial charge in [0, 0.05) is 16.0 Å². The zero-order valence-corrected chi connectivity index (χ0v) is 12.9. The summed E-state index contributed by atoms with van der Waals surface area (Å²) in [5.74, 6) is -0.975. The van der Waals surface area contributed by atoms with Crippen LogP contribution in [0.1, 0.15) is 4.88 Å². The van der Waals surface area contributed by atoms with E-state index in [0.29, 0.717) is 11.3 Å². The Morgan fingerprint density at radius 2 is 1.82 bits per heavy atom. The van der Waals surface area contributed by atoms with Crippen LogP contribution in [-0.4, -0.2) is 12.1 Å². The van der Waals surface area contributed by atoms with Crippen molar-refractivity contribution in [1.82, 2.24) is 4.98 Å². The molecule has 0 bridgehead atoms. The summed E-state index contributed by atoms with van der Waals surface area (Å²) in [5.41, 5.74) is 2.17. The summed E-state index contributed by atoms with van der Waals surface area (Å²) in [6.07, 6.45) is 0. The number of aryl methyl sites for hydroxylation is 1. The minimum absolute atomic E-state index is 0.571. The molecule has 0 N–H and O–H groups in total. The third kappa shape index (κ3) is 2.72. The fourth-order valence-electron chi connectivity index (χ4n) is 2.19. The van der Waals surface area contributed by atoms with Crippen molar-refractivity contribution in [3.8, 4) is 27.6 Å². The molecule has 0 saturated carbocycles. The lowest BCUT2D eigenvalue weighted by molar-refractivity contribution is 0.415. The van der Waals surface area contributed by atoms with Crippen LogP contribution in [0.5, 0.6) is 5.75 Å². The van der Waals surface area contributed by atoms with E-state index in [4.69, 9.17) is 4.74 Å². The Morgan fingerprint density at radius 3 is 2.55 bits per heavy atom. The number of rotatable bonds is 3. The van der Waals surface area contributed by atoms with Gasteiger partial charge in [-0.15, -0.1) is 11.3 Å². The minimum atomic E-state index is -0.868. The summed E-state index contributed by atoms with van der Waals surface area (Å²) in [5, 5.41) is 0.816. The predicted octanol–water partition coefficient (Wildman–Crippen LogP) is 5.07.